The highest BCUT2D eigenvalue weighted by Crippen LogP contribution is 2.56. The fourth-order valence-corrected chi connectivity index (χ4v) is 4.82. The van der Waals surface area contributed by atoms with E-state index in [0.717, 1.165) is 5.57 Å². The highest BCUT2D eigenvalue weighted by Gasteiger charge is 2.78. The summed E-state index contributed by atoms with van der Waals surface area (Å²) in [6, 6.07) is 0. The Balaban J connectivity index is 1.79. The lowest BCUT2D eigenvalue weighted by atomic mass is 9.74. The van der Waals surface area contributed by atoms with Crippen molar-refractivity contribution in [1.29, 1.82) is 0 Å². The van der Waals surface area contributed by atoms with Gasteiger partial charge in [-0.05, 0) is 26.3 Å². The Morgan fingerprint density at radius 2 is 2.00 bits per heavy atom. The number of aliphatic hydroxyl groups excluding tert-OH is 1. The standard InChI is InChI=1S/C20H26O7/c1-9(2)13-8-15-19-17(27-19)14(25-18(19)23)6-10(3)5-12(21)7-11(4)20(24,26-15)16(13)22/h5,11,13-17,22,24H,1,6-8H2,2-4H3/b10-5-/t11-,13-,14-,15+,16-,17-,19-,20+/m0/s1. The van der Waals surface area contributed by atoms with Crippen molar-refractivity contribution in [3.63, 3.8) is 0 Å². The number of ether oxygens (including phenoxy) is 3. The molecular formula is C20H26O7. The topological polar surface area (TPSA) is 106 Å². The molecule has 27 heavy (non-hydrogen) atoms. The number of carbonyl (C=O) groups is 2. The van der Waals surface area contributed by atoms with Gasteiger partial charge in [-0.25, -0.2) is 4.79 Å². The number of ketones is 1. The van der Waals surface area contributed by atoms with E-state index in [9.17, 15) is 19.8 Å². The molecule has 7 heteroatoms. The molecule has 2 N–H and O–H groups in total. The molecule has 0 aromatic rings. The van der Waals surface area contributed by atoms with Crippen molar-refractivity contribution in [3.05, 3.63) is 23.8 Å². The van der Waals surface area contributed by atoms with Crippen molar-refractivity contribution < 1.29 is 34.0 Å². The Morgan fingerprint density at radius 3 is 2.63 bits per heavy atom. The third-order valence-corrected chi connectivity index (χ3v) is 6.46. The summed E-state index contributed by atoms with van der Waals surface area (Å²) in [4.78, 5) is 25.1. The van der Waals surface area contributed by atoms with Crippen LogP contribution in [-0.2, 0) is 23.8 Å². The third-order valence-electron chi connectivity index (χ3n) is 6.46. The predicted octanol–water partition coefficient (Wildman–Crippen LogP) is 1.03. The van der Waals surface area contributed by atoms with Crippen LogP contribution in [0.1, 0.15) is 40.0 Å². The molecule has 0 aliphatic carbocycles. The van der Waals surface area contributed by atoms with E-state index >= 15 is 0 Å². The van der Waals surface area contributed by atoms with E-state index in [1.54, 1.807) is 13.8 Å². The molecule has 4 bridgehead atoms. The fourth-order valence-electron chi connectivity index (χ4n) is 4.82. The highest BCUT2D eigenvalue weighted by atomic mass is 16.7. The molecule has 148 valence electrons. The summed E-state index contributed by atoms with van der Waals surface area (Å²) in [5, 5.41) is 22.1. The second kappa shape index (κ2) is 5.98. The molecule has 4 heterocycles. The number of epoxide rings is 1. The van der Waals surface area contributed by atoms with Gasteiger partial charge in [-0.15, -0.1) is 0 Å². The Labute approximate surface area is 158 Å². The van der Waals surface area contributed by atoms with Crippen LogP contribution in [0.2, 0.25) is 0 Å². The zero-order valence-electron chi connectivity index (χ0n) is 15.8. The molecule has 0 spiro atoms. The van der Waals surface area contributed by atoms with Gasteiger partial charge in [0.15, 0.2) is 11.6 Å². The van der Waals surface area contributed by atoms with E-state index in [2.05, 4.69) is 6.58 Å². The molecule has 8 atom stereocenters. The molecule has 0 radical (unpaired) electrons. The maximum absolute atomic E-state index is 12.7. The summed E-state index contributed by atoms with van der Waals surface area (Å²) < 4.78 is 17.2. The molecule has 7 nitrogen and oxygen atoms in total. The van der Waals surface area contributed by atoms with E-state index in [1.807, 2.05) is 6.92 Å². The maximum atomic E-state index is 12.7. The molecule has 0 saturated carbocycles. The summed E-state index contributed by atoms with van der Waals surface area (Å²) in [6.07, 6.45) is -0.786. The Morgan fingerprint density at radius 1 is 1.30 bits per heavy atom. The van der Waals surface area contributed by atoms with E-state index < -0.39 is 53.6 Å². The van der Waals surface area contributed by atoms with E-state index in [-0.39, 0.29) is 18.6 Å². The van der Waals surface area contributed by atoms with E-state index in [4.69, 9.17) is 14.2 Å². The fraction of sp³-hybridized carbons (Fsp3) is 0.700. The van der Waals surface area contributed by atoms with Crippen molar-refractivity contribution >= 4 is 11.8 Å². The van der Waals surface area contributed by atoms with Gasteiger partial charge in [0.1, 0.15) is 24.4 Å². The number of aliphatic hydroxyl groups is 2. The average Bonchev–Trinajstić information content (AvgIpc) is 3.26. The molecule has 4 rings (SSSR count). The highest BCUT2D eigenvalue weighted by molar-refractivity contribution is 5.91. The quantitative estimate of drug-likeness (QED) is 0.399. The lowest BCUT2D eigenvalue weighted by molar-refractivity contribution is -0.338. The van der Waals surface area contributed by atoms with Gasteiger partial charge in [0, 0.05) is 24.7 Å². The van der Waals surface area contributed by atoms with Crippen molar-refractivity contribution in [2.45, 2.75) is 75.8 Å². The van der Waals surface area contributed by atoms with Crippen LogP contribution >= 0.6 is 0 Å². The van der Waals surface area contributed by atoms with Crippen LogP contribution in [0, 0.1) is 11.8 Å². The molecule has 3 saturated heterocycles. The Bertz CT molecular complexity index is 743. The molecule has 3 fully saturated rings. The number of hydrogen-bond donors (Lipinski definition) is 2. The zero-order valence-corrected chi connectivity index (χ0v) is 15.8. The van der Waals surface area contributed by atoms with Gasteiger partial charge in [-0.1, -0.05) is 24.6 Å². The first-order valence-electron chi connectivity index (χ1n) is 9.42. The summed E-state index contributed by atoms with van der Waals surface area (Å²) in [5.41, 5.74) is 0.206. The summed E-state index contributed by atoms with van der Waals surface area (Å²) in [6.45, 7) is 9.16. The van der Waals surface area contributed by atoms with Gasteiger partial charge >= 0.3 is 5.97 Å². The van der Waals surface area contributed by atoms with Gasteiger partial charge < -0.3 is 24.4 Å². The van der Waals surface area contributed by atoms with Gasteiger partial charge in [-0.3, -0.25) is 4.79 Å². The Hall–Kier alpha value is -1.54. The number of fused-ring (bicyclic) bond motifs is 2. The van der Waals surface area contributed by atoms with Crippen molar-refractivity contribution in [2.24, 2.45) is 11.8 Å². The monoisotopic (exact) mass is 378 g/mol. The molecule has 4 aliphatic rings. The molecule has 4 aliphatic heterocycles. The van der Waals surface area contributed by atoms with E-state index in [0.29, 0.717) is 12.0 Å². The van der Waals surface area contributed by atoms with Crippen LogP contribution in [0.5, 0.6) is 0 Å². The number of hydrogen-bond acceptors (Lipinski definition) is 7. The number of allylic oxidation sites excluding steroid dienone is 1. The molecule has 0 aromatic heterocycles. The SMILES string of the molecule is C=C(C)[C@@H]1C[C@H]2O[C@](O)([C@@H](C)CC(=O)/C=C(/C)C[C@@H]3OC(=O)[C@]24O[C@@H]34)[C@H]1O. The first-order chi connectivity index (χ1) is 12.6. The van der Waals surface area contributed by atoms with Gasteiger partial charge in [-0.2, -0.15) is 0 Å². The van der Waals surface area contributed by atoms with Gasteiger partial charge in [0.2, 0.25) is 5.60 Å². The maximum Gasteiger partial charge on any atom is 0.344 e. The smallest absolute Gasteiger partial charge is 0.344 e. The summed E-state index contributed by atoms with van der Waals surface area (Å²) in [5.74, 6) is -3.85. The second-order valence-electron chi connectivity index (χ2n) is 8.53. The lowest BCUT2D eigenvalue weighted by Gasteiger charge is -2.48. The molecule has 0 amide bonds. The van der Waals surface area contributed by atoms with Crippen LogP contribution in [0.4, 0.5) is 0 Å². The molecular weight excluding hydrogens is 352 g/mol. The number of rotatable bonds is 1. The minimum Gasteiger partial charge on any atom is -0.457 e. The second-order valence-corrected chi connectivity index (χ2v) is 8.53. The van der Waals surface area contributed by atoms with Gasteiger partial charge in [0.05, 0.1) is 0 Å². The van der Waals surface area contributed by atoms with Gasteiger partial charge in [0.25, 0.3) is 0 Å². The van der Waals surface area contributed by atoms with Crippen LogP contribution in [0.25, 0.3) is 0 Å². The van der Waals surface area contributed by atoms with E-state index in [1.165, 1.54) is 6.08 Å². The largest absolute Gasteiger partial charge is 0.457 e. The minimum atomic E-state index is -1.99. The summed E-state index contributed by atoms with van der Waals surface area (Å²) >= 11 is 0. The first kappa shape index (κ1) is 18.8. The first-order valence-corrected chi connectivity index (χ1v) is 9.42. The third kappa shape index (κ3) is 2.63. The Kier molecular flexibility index (Phi) is 4.16. The van der Waals surface area contributed by atoms with Crippen LogP contribution in [0.15, 0.2) is 23.8 Å². The molecule has 0 aromatic carbocycles. The lowest BCUT2D eigenvalue weighted by Crippen LogP contribution is -2.62. The van der Waals surface area contributed by atoms with Crippen molar-refractivity contribution in [3.8, 4) is 0 Å². The van der Waals surface area contributed by atoms with Crippen molar-refractivity contribution in [1.82, 2.24) is 0 Å². The minimum absolute atomic E-state index is 0.0112. The summed E-state index contributed by atoms with van der Waals surface area (Å²) in [7, 11) is 0. The van der Waals surface area contributed by atoms with Crippen LogP contribution in [0.3, 0.4) is 0 Å². The predicted molar refractivity (Wildman–Crippen MR) is 93.4 cm³/mol. The molecule has 0 unspecified atom stereocenters. The zero-order chi connectivity index (χ0) is 19.7. The van der Waals surface area contributed by atoms with Crippen LogP contribution in [-0.4, -0.2) is 57.8 Å². The van der Waals surface area contributed by atoms with Crippen LogP contribution < -0.4 is 0 Å². The van der Waals surface area contributed by atoms with Crippen molar-refractivity contribution in [2.75, 3.05) is 0 Å². The number of carbonyl (C=O) groups excluding carboxylic acids is 2. The average molecular weight is 378 g/mol. The number of esters is 1. The normalized spacial score (nSPS) is 51.2.